The van der Waals surface area contributed by atoms with Gasteiger partial charge in [-0.3, -0.25) is 9.48 Å². The van der Waals surface area contributed by atoms with Crippen molar-refractivity contribution in [1.82, 2.24) is 20.1 Å². The number of halogens is 3. The minimum atomic E-state index is -4.43. The number of carbonyl (C=O) groups is 1. The van der Waals surface area contributed by atoms with Crippen LogP contribution in [0.2, 0.25) is 0 Å². The fourth-order valence-corrected chi connectivity index (χ4v) is 1.76. The smallest absolute Gasteiger partial charge is 0.422 e. The minimum absolute atomic E-state index is 0.144. The molecule has 0 saturated carbocycles. The molecule has 6 nitrogen and oxygen atoms in total. The van der Waals surface area contributed by atoms with Crippen LogP contribution >= 0.6 is 0 Å². The van der Waals surface area contributed by atoms with Crippen LogP contribution in [0.15, 0.2) is 36.8 Å². The Kier molecular flexibility index (Phi) is 5.20. The van der Waals surface area contributed by atoms with Crippen LogP contribution in [-0.2, 0) is 11.3 Å². The third-order valence-electron chi connectivity index (χ3n) is 2.95. The van der Waals surface area contributed by atoms with Gasteiger partial charge in [0.2, 0.25) is 11.8 Å². The number of alkyl halides is 3. The van der Waals surface area contributed by atoms with Gasteiger partial charge in [0.25, 0.3) is 0 Å². The highest BCUT2D eigenvalue weighted by Gasteiger charge is 2.28. The zero-order valence-electron chi connectivity index (χ0n) is 12.2. The Balaban J connectivity index is 1.89. The summed E-state index contributed by atoms with van der Waals surface area (Å²) in [6.07, 6.45) is 0.131. The van der Waals surface area contributed by atoms with Crippen molar-refractivity contribution >= 4 is 5.91 Å². The number of carbonyl (C=O) groups excluding carboxylic acids is 1. The SMILES string of the molecule is C[C@H](C(=O)NCc1ccnc(OCC(F)(F)F)c1)n1cccn1. The van der Waals surface area contributed by atoms with Gasteiger partial charge in [-0.2, -0.15) is 18.3 Å². The molecule has 0 aromatic carbocycles. The summed E-state index contributed by atoms with van der Waals surface area (Å²) < 4.78 is 42.4. The lowest BCUT2D eigenvalue weighted by atomic mass is 10.2. The van der Waals surface area contributed by atoms with E-state index in [4.69, 9.17) is 0 Å². The van der Waals surface area contributed by atoms with Crippen molar-refractivity contribution in [3.05, 3.63) is 42.4 Å². The quantitative estimate of drug-likeness (QED) is 0.882. The molecule has 0 aliphatic carbocycles. The summed E-state index contributed by atoms with van der Waals surface area (Å²) in [5.74, 6) is -0.405. The molecule has 1 N–H and O–H groups in total. The van der Waals surface area contributed by atoms with E-state index in [1.165, 1.54) is 16.9 Å². The Hall–Kier alpha value is -2.58. The van der Waals surface area contributed by atoms with Gasteiger partial charge in [0, 0.05) is 31.2 Å². The van der Waals surface area contributed by atoms with Crippen LogP contribution in [0.1, 0.15) is 18.5 Å². The molecule has 9 heteroatoms. The Morgan fingerprint density at radius 1 is 1.43 bits per heavy atom. The van der Waals surface area contributed by atoms with E-state index in [1.54, 1.807) is 31.5 Å². The first kappa shape index (κ1) is 16.8. The Morgan fingerprint density at radius 3 is 2.87 bits per heavy atom. The Labute approximate surface area is 130 Å². The van der Waals surface area contributed by atoms with Crippen molar-refractivity contribution in [3.63, 3.8) is 0 Å². The van der Waals surface area contributed by atoms with Gasteiger partial charge in [0.15, 0.2) is 6.61 Å². The molecule has 0 radical (unpaired) electrons. The molecule has 2 aromatic rings. The zero-order valence-corrected chi connectivity index (χ0v) is 12.2. The Morgan fingerprint density at radius 2 is 2.22 bits per heavy atom. The van der Waals surface area contributed by atoms with Gasteiger partial charge in [0.05, 0.1) is 0 Å². The van der Waals surface area contributed by atoms with Gasteiger partial charge in [-0.1, -0.05) is 0 Å². The first-order valence-electron chi connectivity index (χ1n) is 6.76. The summed E-state index contributed by atoms with van der Waals surface area (Å²) in [6, 6.07) is 4.15. The van der Waals surface area contributed by atoms with Crippen LogP contribution in [0.4, 0.5) is 13.2 Å². The van der Waals surface area contributed by atoms with E-state index in [0.717, 1.165) is 0 Å². The van der Waals surface area contributed by atoms with Gasteiger partial charge in [-0.05, 0) is 24.6 Å². The molecule has 2 heterocycles. The maximum Gasteiger partial charge on any atom is 0.422 e. The molecule has 124 valence electrons. The fourth-order valence-electron chi connectivity index (χ4n) is 1.76. The van der Waals surface area contributed by atoms with Crippen molar-refractivity contribution in [2.45, 2.75) is 25.7 Å². The van der Waals surface area contributed by atoms with Gasteiger partial charge in [-0.15, -0.1) is 0 Å². The number of ether oxygens (including phenoxy) is 1. The van der Waals surface area contributed by atoms with Gasteiger partial charge >= 0.3 is 6.18 Å². The van der Waals surface area contributed by atoms with E-state index in [0.29, 0.717) is 5.56 Å². The highest BCUT2D eigenvalue weighted by molar-refractivity contribution is 5.79. The second-order valence-corrected chi connectivity index (χ2v) is 4.79. The molecule has 0 fully saturated rings. The number of hydrogen-bond donors (Lipinski definition) is 1. The highest BCUT2D eigenvalue weighted by Crippen LogP contribution is 2.17. The normalized spacial score (nSPS) is 12.7. The maximum absolute atomic E-state index is 12.1. The molecule has 2 rings (SSSR count). The van der Waals surface area contributed by atoms with E-state index < -0.39 is 18.8 Å². The predicted molar refractivity (Wildman–Crippen MR) is 74.6 cm³/mol. The lowest BCUT2D eigenvalue weighted by Crippen LogP contribution is -2.30. The van der Waals surface area contributed by atoms with E-state index in [-0.39, 0.29) is 18.3 Å². The largest absolute Gasteiger partial charge is 0.468 e. The summed E-state index contributed by atoms with van der Waals surface area (Å²) in [4.78, 5) is 15.7. The van der Waals surface area contributed by atoms with Gasteiger partial charge in [0.1, 0.15) is 6.04 Å². The van der Waals surface area contributed by atoms with Crippen LogP contribution in [0.25, 0.3) is 0 Å². The molecule has 0 bridgehead atoms. The van der Waals surface area contributed by atoms with Gasteiger partial charge in [-0.25, -0.2) is 4.98 Å². The van der Waals surface area contributed by atoms with E-state index in [2.05, 4.69) is 20.1 Å². The van der Waals surface area contributed by atoms with Crippen molar-refractivity contribution in [2.75, 3.05) is 6.61 Å². The molecule has 0 aliphatic heterocycles. The van der Waals surface area contributed by atoms with Crippen molar-refractivity contribution in [1.29, 1.82) is 0 Å². The second kappa shape index (κ2) is 7.12. The number of rotatable bonds is 6. The maximum atomic E-state index is 12.1. The van der Waals surface area contributed by atoms with Crippen molar-refractivity contribution in [3.8, 4) is 5.88 Å². The number of nitrogens with zero attached hydrogens (tertiary/aromatic N) is 3. The molecule has 1 amide bonds. The van der Waals surface area contributed by atoms with Crippen LogP contribution in [0.3, 0.4) is 0 Å². The minimum Gasteiger partial charge on any atom is -0.468 e. The predicted octanol–water partition coefficient (Wildman–Crippen LogP) is 2.10. The summed E-state index contributed by atoms with van der Waals surface area (Å²) >= 11 is 0. The molecule has 0 saturated heterocycles. The molecular formula is C14H15F3N4O2. The highest BCUT2D eigenvalue weighted by atomic mass is 19.4. The number of aromatic nitrogens is 3. The number of amides is 1. The average molecular weight is 328 g/mol. The van der Waals surface area contributed by atoms with E-state index in [1.807, 2.05) is 0 Å². The average Bonchev–Trinajstić information content (AvgIpc) is 3.04. The topological polar surface area (TPSA) is 69.0 Å². The summed E-state index contributed by atoms with van der Waals surface area (Å²) in [6.45, 7) is 0.425. The molecule has 2 aromatic heterocycles. The third kappa shape index (κ3) is 5.28. The molecular weight excluding hydrogens is 313 g/mol. The fraction of sp³-hybridized carbons (Fsp3) is 0.357. The molecule has 1 atom stereocenters. The van der Waals surface area contributed by atoms with E-state index in [9.17, 15) is 18.0 Å². The number of pyridine rings is 1. The van der Waals surface area contributed by atoms with Crippen LogP contribution in [0.5, 0.6) is 5.88 Å². The molecule has 0 spiro atoms. The van der Waals surface area contributed by atoms with Crippen LogP contribution < -0.4 is 10.1 Å². The van der Waals surface area contributed by atoms with E-state index >= 15 is 0 Å². The zero-order chi connectivity index (χ0) is 16.9. The third-order valence-corrected chi connectivity index (χ3v) is 2.95. The molecule has 0 unspecified atom stereocenters. The summed E-state index contributed by atoms with van der Waals surface area (Å²) in [7, 11) is 0. The van der Waals surface area contributed by atoms with Crippen molar-refractivity contribution < 1.29 is 22.7 Å². The van der Waals surface area contributed by atoms with Crippen molar-refractivity contribution in [2.24, 2.45) is 0 Å². The van der Waals surface area contributed by atoms with Gasteiger partial charge < -0.3 is 10.1 Å². The molecule has 0 aliphatic rings. The van der Waals surface area contributed by atoms with Crippen LogP contribution in [-0.4, -0.2) is 33.5 Å². The van der Waals surface area contributed by atoms with Crippen LogP contribution in [0, 0.1) is 0 Å². The standard InChI is InChI=1S/C14H15F3N4O2/c1-10(21-6-2-4-20-21)13(22)19-8-11-3-5-18-12(7-11)23-9-14(15,16)17/h2-7,10H,8-9H2,1H3,(H,19,22)/t10-/m1/s1. The lowest BCUT2D eigenvalue weighted by molar-refractivity contribution is -0.154. The first-order chi connectivity index (χ1) is 10.8. The summed E-state index contributed by atoms with van der Waals surface area (Å²) in [5.41, 5.74) is 0.582. The lowest BCUT2D eigenvalue weighted by Gasteiger charge is -2.13. The molecule has 23 heavy (non-hydrogen) atoms. The first-order valence-corrected chi connectivity index (χ1v) is 6.76. The summed E-state index contributed by atoms with van der Waals surface area (Å²) in [5, 5.41) is 6.65. The second-order valence-electron chi connectivity index (χ2n) is 4.79. The number of nitrogens with one attached hydrogen (secondary N) is 1. The Bertz CT molecular complexity index is 644. The monoisotopic (exact) mass is 328 g/mol. The number of hydrogen-bond acceptors (Lipinski definition) is 4.